The smallest absolute Gasteiger partial charge is 0.274 e. The van der Waals surface area contributed by atoms with Crippen LogP contribution in [0.1, 0.15) is 12.5 Å². The minimum atomic E-state index is -0.872. The molecule has 1 amide bonds. The zero-order valence-electron chi connectivity index (χ0n) is 16.6. The van der Waals surface area contributed by atoms with Gasteiger partial charge in [-0.3, -0.25) is 14.7 Å². The highest BCUT2D eigenvalue weighted by Crippen LogP contribution is 2.36. The van der Waals surface area contributed by atoms with Crippen LogP contribution in [0.15, 0.2) is 67.0 Å². The third kappa shape index (κ3) is 3.70. The first kappa shape index (κ1) is 19.4. The summed E-state index contributed by atoms with van der Waals surface area (Å²) in [4.78, 5) is 23.7. The molecule has 0 saturated carbocycles. The van der Waals surface area contributed by atoms with E-state index in [9.17, 15) is 9.18 Å². The van der Waals surface area contributed by atoms with Crippen LogP contribution in [-0.4, -0.2) is 28.1 Å². The van der Waals surface area contributed by atoms with E-state index in [0.29, 0.717) is 21.3 Å². The molecule has 156 valence electrons. The van der Waals surface area contributed by atoms with Crippen LogP contribution in [0.25, 0.3) is 10.2 Å². The first-order chi connectivity index (χ1) is 15.1. The average Bonchev–Trinajstić information content (AvgIpc) is 3.23. The molecule has 2 unspecified atom stereocenters. The van der Waals surface area contributed by atoms with Crippen molar-refractivity contribution in [3.8, 4) is 11.5 Å². The number of hydrogen-bond acceptors (Lipinski definition) is 6. The highest BCUT2D eigenvalue weighted by atomic mass is 32.1. The van der Waals surface area contributed by atoms with Gasteiger partial charge in [-0.05, 0) is 42.8 Å². The van der Waals surface area contributed by atoms with Crippen molar-refractivity contribution in [2.45, 2.75) is 25.7 Å². The van der Waals surface area contributed by atoms with Crippen LogP contribution in [0.4, 0.5) is 9.52 Å². The predicted octanol–water partition coefficient (Wildman–Crippen LogP) is 4.59. The lowest BCUT2D eigenvalue weighted by Gasteiger charge is -2.33. The SMILES string of the molecule is CC1Oc2ccccc2OC1C(=O)N(Cc1cccnc1)c1nc2c(F)cccc2s1. The van der Waals surface area contributed by atoms with Crippen molar-refractivity contribution in [2.75, 3.05) is 4.90 Å². The number of hydrogen-bond donors (Lipinski definition) is 0. The molecule has 5 rings (SSSR count). The lowest BCUT2D eigenvalue weighted by molar-refractivity contribution is -0.130. The summed E-state index contributed by atoms with van der Waals surface area (Å²) >= 11 is 1.26. The number of aromatic nitrogens is 2. The quantitative estimate of drug-likeness (QED) is 0.469. The van der Waals surface area contributed by atoms with Gasteiger partial charge in [0.05, 0.1) is 11.2 Å². The second-order valence-corrected chi connectivity index (χ2v) is 8.19. The van der Waals surface area contributed by atoms with Crippen LogP contribution >= 0.6 is 11.3 Å². The van der Waals surface area contributed by atoms with Crippen LogP contribution in [0.5, 0.6) is 11.5 Å². The second-order valence-electron chi connectivity index (χ2n) is 7.18. The number of thiazole rings is 1. The van der Waals surface area contributed by atoms with E-state index in [-0.39, 0.29) is 18.0 Å². The molecule has 0 N–H and O–H groups in total. The maximum Gasteiger partial charge on any atom is 0.274 e. The number of amides is 1. The fourth-order valence-electron chi connectivity index (χ4n) is 3.48. The van der Waals surface area contributed by atoms with Gasteiger partial charge in [-0.15, -0.1) is 0 Å². The first-order valence-corrected chi connectivity index (χ1v) is 10.6. The normalized spacial score (nSPS) is 17.5. The summed E-state index contributed by atoms with van der Waals surface area (Å²) in [5, 5.41) is 0.392. The molecule has 1 aliphatic heterocycles. The topological polar surface area (TPSA) is 64.6 Å². The Morgan fingerprint density at radius 3 is 2.65 bits per heavy atom. The lowest BCUT2D eigenvalue weighted by atomic mass is 10.1. The number of fused-ring (bicyclic) bond motifs is 2. The summed E-state index contributed by atoms with van der Waals surface area (Å²) in [7, 11) is 0. The molecule has 1 aliphatic rings. The Kier molecular flexibility index (Phi) is 4.99. The lowest BCUT2D eigenvalue weighted by Crippen LogP contribution is -2.50. The van der Waals surface area contributed by atoms with Crippen LogP contribution in [-0.2, 0) is 11.3 Å². The van der Waals surface area contributed by atoms with E-state index in [4.69, 9.17) is 9.47 Å². The van der Waals surface area contributed by atoms with Crippen LogP contribution in [0.3, 0.4) is 0 Å². The Labute approximate surface area is 181 Å². The fraction of sp³-hybridized carbons (Fsp3) is 0.174. The molecule has 2 aromatic heterocycles. The molecule has 0 bridgehead atoms. The number of carbonyl (C=O) groups is 1. The van der Waals surface area contributed by atoms with E-state index in [0.717, 1.165) is 5.56 Å². The Hall–Kier alpha value is -3.52. The highest BCUT2D eigenvalue weighted by molar-refractivity contribution is 7.22. The zero-order chi connectivity index (χ0) is 21.4. The van der Waals surface area contributed by atoms with Gasteiger partial charge in [-0.2, -0.15) is 0 Å². The maximum absolute atomic E-state index is 14.3. The molecule has 3 heterocycles. The number of nitrogens with zero attached hydrogens (tertiary/aromatic N) is 3. The molecule has 8 heteroatoms. The maximum atomic E-state index is 14.3. The summed E-state index contributed by atoms with van der Waals surface area (Å²) in [5.74, 6) is 0.370. The van der Waals surface area contributed by atoms with Gasteiger partial charge in [0.2, 0.25) is 6.10 Å². The van der Waals surface area contributed by atoms with Gasteiger partial charge in [0.15, 0.2) is 16.6 Å². The number of rotatable bonds is 4. The summed E-state index contributed by atoms with van der Waals surface area (Å²) in [6.07, 6.45) is 1.97. The first-order valence-electron chi connectivity index (χ1n) is 9.78. The third-order valence-corrected chi connectivity index (χ3v) is 6.05. The highest BCUT2D eigenvalue weighted by Gasteiger charge is 2.38. The van der Waals surface area contributed by atoms with Crippen LogP contribution < -0.4 is 14.4 Å². The number of benzene rings is 2. The fourth-order valence-corrected chi connectivity index (χ4v) is 4.46. The number of para-hydroxylation sites is 3. The number of anilines is 1. The van der Waals surface area contributed by atoms with Crippen molar-refractivity contribution >= 4 is 32.6 Å². The van der Waals surface area contributed by atoms with E-state index in [1.807, 2.05) is 18.2 Å². The molecule has 4 aromatic rings. The third-order valence-electron chi connectivity index (χ3n) is 5.00. The van der Waals surface area contributed by atoms with E-state index >= 15 is 0 Å². The Bertz CT molecular complexity index is 1250. The van der Waals surface area contributed by atoms with Crippen molar-refractivity contribution in [2.24, 2.45) is 0 Å². The molecule has 2 aromatic carbocycles. The Morgan fingerprint density at radius 2 is 1.90 bits per heavy atom. The number of halogens is 1. The molecular formula is C23H18FN3O3S. The molecular weight excluding hydrogens is 417 g/mol. The monoisotopic (exact) mass is 435 g/mol. The predicted molar refractivity (Wildman–Crippen MR) is 116 cm³/mol. The Morgan fingerprint density at radius 1 is 1.10 bits per heavy atom. The second kappa shape index (κ2) is 7.96. The van der Waals surface area contributed by atoms with Crippen molar-refractivity contribution < 1.29 is 18.7 Å². The van der Waals surface area contributed by atoms with Crippen molar-refractivity contribution in [1.82, 2.24) is 9.97 Å². The molecule has 0 saturated heterocycles. The van der Waals surface area contributed by atoms with Gasteiger partial charge in [0, 0.05) is 12.4 Å². The van der Waals surface area contributed by atoms with Crippen LogP contribution in [0, 0.1) is 5.82 Å². The van der Waals surface area contributed by atoms with Gasteiger partial charge >= 0.3 is 0 Å². The van der Waals surface area contributed by atoms with E-state index < -0.39 is 18.0 Å². The van der Waals surface area contributed by atoms with Crippen molar-refractivity contribution in [3.63, 3.8) is 0 Å². The summed E-state index contributed by atoms with van der Waals surface area (Å²) < 4.78 is 26.9. The van der Waals surface area contributed by atoms with E-state index in [2.05, 4.69) is 9.97 Å². The minimum Gasteiger partial charge on any atom is -0.482 e. The van der Waals surface area contributed by atoms with Crippen LogP contribution in [0.2, 0.25) is 0 Å². The molecule has 0 fully saturated rings. The van der Waals surface area contributed by atoms with Crippen molar-refractivity contribution in [1.29, 1.82) is 0 Å². The van der Waals surface area contributed by atoms with Gasteiger partial charge in [-0.25, -0.2) is 9.37 Å². The average molecular weight is 435 g/mol. The minimum absolute atomic E-state index is 0.225. The summed E-state index contributed by atoms with van der Waals surface area (Å²) in [6, 6.07) is 15.7. The molecule has 2 atom stereocenters. The van der Waals surface area contributed by atoms with E-state index in [1.165, 1.54) is 22.3 Å². The molecule has 0 radical (unpaired) electrons. The van der Waals surface area contributed by atoms with Gasteiger partial charge in [0.25, 0.3) is 5.91 Å². The van der Waals surface area contributed by atoms with Crippen molar-refractivity contribution in [3.05, 3.63) is 78.4 Å². The van der Waals surface area contributed by atoms with Gasteiger partial charge in [0.1, 0.15) is 17.4 Å². The summed E-state index contributed by atoms with van der Waals surface area (Å²) in [6.45, 7) is 2.01. The molecule has 6 nitrogen and oxygen atoms in total. The number of ether oxygens (including phenoxy) is 2. The van der Waals surface area contributed by atoms with Gasteiger partial charge in [-0.1, -0.05) is 35.6 Å². The number of carbonyl (C=O) groups excluding carboxylic acids is 1. The number of pyridine rings is 1. The largest absolute Gasteiger partial charge is 0.482 e. The summed E-state index contributed by atoms with van der Waals surface area (Å²) in [5.41, 5.74) is 1.06. The van der Waals surface area contributed by atoms with Gasteiger partial charge < -0.3 is 9.47 Å². The molecule has 0 aliphatic carbocycles. The zero-order valence-corrected chi connectivity index (χ0v) is 17.4. The standard InChI is InChI=1S/C23H18FN3O3S/c1-14-21(30-18-9-3-2-8-17(18)29-14)22(28)27(13-15-6-5-11-25-12-15)23-26-20-16(24)7-4-10-19(20)31-23/h2-12,14,21H,13H2,1H3. The molecule has 31 heavy (non-hydrogen) atoms. The van der Waals surface area contributed by atoms with E-state index in [1.54, 1.807) is 49.6 Å². The Balaban J connectivity index is 1.53. The molecule has 0 spiro atoms.